The Morgan fingerprint density at radius 1 is 0.872 bits per heavy atom. The fourth-order valence-electron chi connectivity index (χ4n) is 4.86. The van der Waals surface area contributed by atoms with Crippen molar-refractivity contribution < 1.29 is 0 Å². The quantitative estimate of drug-likeness (QED) is 0.312. The highest BCUT2D eigenvalue weighted by Crippen LogP contribution is 2.30. The van der Waals surface area contributed by atoms with Gasteiger partial charge in [0, 0.05) is 18.5 Å². The van der Waals surface area contributed by atoms with Gasteiger partial charge in [0.25, 0.3) is 5.56 Å². The van der Waals surface area contributed by atoms with Crippen LogP contribution in [-0.2, 0) is 13.0 Å². The number of hydrogen-bond donors (Lipinski definition) is 2. The smallest absolute Gasteiger partial charge is 0.318 e. The molecular formula is C29H26N8O2. The van der Waals surface area contributed by atoms with E-state index in [4.69, 9.17) is 4.98 Å². The van der Waals surface area contributed by atoms with E-state index in [1.807, 2.05) is 83.4 Å². The Morgan fingerprint density at radius 2 is 1.62 bits per heavy atom. The third-order valence-corrected chi connectivity index (χ3v) is 6.77. The van der Waals surface area contributed by atoms with Crippen molar-refractivity contribution in [3.63, 3.8) is 0 Å². The molecule has 10 heteroatoms. The van der Waals surface area contributed by atoms with Crippen LogP contribution in [-0.4, -0.2) is 39.7 Å². The van der Waals surface area contributed by atoms with Crippen LogP contribution in [0.2, 0.25) is 0 Å². The Labute approximate surface area is 223 Å². The summed E-state index contributed by atoms with van der Waals surface area (Å²) in [7, 11) is 0. The molecule has 10 nitrogen and oxygen atoms in total. The Balaban J connectivity index is 1.42. The van der Waals surface area contributed by atoms with Crippen molar-refractivity contribution in [2.75, 3.05) is 0 Å². The minimum absolute atomic E-state index is 0.367. The molecule has 0 spiro atoms. The molecule has 0 fully saturated rings. The Hall–Kier alpha value is -5.12. The first kappa shape index (κ1) is 24.2. The van der Waals surface area contributed by atoms with E-state index in [0.717, 1.165) is 40.9 Å². The van der Waals surface area contributed by atoms with Gasteiger partial charge in [0.1, 0.15) is 5.82 Å². The molecule has 0 unspecified atom stereocenters. The Morgan fingerprint density at radius 3 is 2.33 bits per heavy atom. The van der Waals surface area contributed by atoms with E-state index in [2.05, 4.69) is 32.5 Å². The van der Waals surface area contributed by atoms with Gasteiger partial charge in [0.05, 0.1) is 5.69 Å². The number of nitrogens with zero attached hydrogens (tertiary/aromatic N) is 6. The summed E-state index contributed by atoms with van der Waals surface area (Å²) in [6, 6.07) is 25.3. The number of para-hydroxylation sites is 1. The first-order valence-electron chi connectivity index (χ1n) is 12.9. The van der Waals surface area contributed by atoms with Crippen molar-refractivity contribution >= 4 is 11.2 Å². The summed E-state index contributed by atoms with van der Waals surface area (Å²) in [5.74, 6) is 1.31. The molecular weight excluding hydrogens is 492 g/mol. The number of hydrogen-bond acceptors (Lipinski definition) is 6. The fraction of sp³-hybridized carbons (Fsp3) is 0.172. The van der Waals surface area contributed by atoms with Crippen molar-refractivity contribution in [1.29, 1.82) is 0 Å². The van der Waals surface area contributed by atoms with Gasteiger partial charge in [-0.3, -0.25) is 9.78 Å². The summed E-state index contributed by atoms with van der Waals surface area (Å²) in [5, 5.41) is 14.5. The van der Waals surface area contributed by atoms with E-state index in [0.29, 0.717) is 35.6 Å². The monoisotopic (exact) mass is 518 g/mol. The van der Waals surface area contributed by atoms with Gasteiger partial charge in [-0.2, -0.15) is 5.21 Å². The van der Waals surface area contributed by atoms with E-state index < -0.39 is 11.2 Å². The van der Waals surface area contributed by atoms with E-state index in [-0.39, 0.29) is 0 Å². The Kier molecular flexibility index (Phi) is 6.42. The maximum Gasteiger partial charge on any atom is 0.334 e. The molecule has 0 aliphatic heterocycles. The maximum absolute atomic E-state index is 13.1. The molecule has 2 N–H and O–H groups in total. The number of aromatic amines is 2. The normalized spacial score (nSPS) is 11.3. The van der Waals surface area contributed by atoms with Gasteiger partial charge in [-0.25, -0.2) is 14.3 Å². The van der Waals surface area contributed by atoms with Crippen LogP contribution in [0.25, 0.3) is 39.4 Å². The first-order valence-corrected chi connectivity index (χ1v) is 12.9. The molecule has 0 saturated carbocycles. The van der Waals surface area contributed by atoms with Crippen LogP contribution >= 0.6 is 0 Å². The standard InChI is InChI=1S/C29H26N8O2/c1-2-3-13-24-30-27-25(28(38)31-29(39)37(27)21-9-5-4-6-10-21)36(24)18-19-14-16-20(17-15-19)22-11-7-8-12-23(22)26-32-34-35-33-26/h4-12,14-17H,2-3,13,18H2,1H3,(H,31,38,39)(H,32,33,34,35). The number of aromatic nitrogens is 8. The molecule has 0 aliphatic carbocycles. The molecule has 3 aromatic carbocycles. The summed E-state index contributed by atoms with van der Waals surface area (Å²) >= 11 is 0. The lowest BCUT2D eigenvalue weighted by Crippen LogP contribution is -2.30. The maximum atomic E-state index is 13.1. The number of benzene rings is 3. The van der Waals surface area contributed by atoms with Crippen LogP contribution in [0, 0.1) is 0 Å². The molecule has 0 amide bonds. The number of nitrogens with one attached hydrogen (secondary N) is 2. The largest absolute Gasteiger partial charge is 0.334 e. The molecule has 6 rings (SSSR count). The lowest BCUT2D eigenvalue weighted by atomic mass is 9.98. The van der Waals surface area contributed by atoms with Crippen molar-refractivity contribution in [2.24, 2.45) is 0 Å². The number of H-pyrrole nitrogens is 2. The lowest BCUT2D eigenvalue weighted by molar-refractivity contribution is 0.688. The molecule has 194 valence electrons. The van der Waals surface area contributed by atoms with Gasteiger partial charge in [0.15, 0.2) is 11.2 Å². The van der Waals surface area contributed by atoms with Crippen molar-refractivity contribution in [2.45, 2.75) is 32.7 Å². The van der Waals surface area contributed by atoms with Crippen molar-refractivity contribution in [3.05, 3.63) is 111 Å². The summed E-state index contributed by atoms with van der Waals surface area (Å²) in [6.07, 6.45) is 2.60. The zero-order valence-electron chi connectivity index (χ0n) is 21.3. The zero-order valence-corrected chi connectivity index (χ0v) is 21.3. The van der Waals surface area contributed by atoms with Crippen LogP contribution in [0.15, 0.2) is 88.5 Å². The van der Waals surface area contributed by atoms with Gasteiger partial charge in [-0.05, 0) is 40.5 Å². The third-order valence-electron chi connectivity index (χ3n) is 6.77. The van der Waals surface area contributed by atoms with Gasteiger partial charge in [-0.1, -0.05) is 80.1 Å². The summed E-state index contributed by atoms with van der Waals surface area (Å²) in [5.41, 5.74) is 4.35. The van der Waals surface area contributed by atoms with Gasteiger partial charge in [-0.15, -0.1) is 10.2 Å². The van der Waals surface area contributed by atoms with E-state index in [9.17, 15) is 9.59 Å². The molecule has 39 heavy (non-hydrogen) atoms. The highest BCUT2D eigenvalue weighted by atomic mass is 16.2. The number of unbranched alkanes of at least 4 members (excludes halogenated alkanes) is 1. The second kappa shape index (κ2) is 10.3. The van der Waals surface area contributed by atoms with Gasteiger partial charge in [0.2, 0.25) is 5.82 Å². The van der Waals surface area contributed by atoms with Gasteiger partial charge < -0.3 is 4.57 Å². The topological polar surface area (TPSA) is 127 Å². The summed E-state index contributed by atoms with van der Waals surface area (Å²) in [4.78, 5) is 33.3. The number of rotatable bonds is 8. The van der Waals surface area contributed by atoms with Crippen LogP contribution in [0.4, 0.5) is 0 Å². The van der Waals surface area contributed by atoms with E-state index in [1.165, 1.54) is 4.57 Å². The average molecular weight is 519 g/mol. The molecule has 0 atom stereocenters. The predicted molar refractivity (Wildman–Crippen MR) is 149 cm³/mol. The molecule has 6 aromatic rings. The highest BCUT2D eigenvalue weighted by molar-refractivity contribution is 5.80. The van der Waals surface area contributed by atoms with E-state index >= 15 is 0 Å². The molecule has 3 aromatic heterocycles. The number of fused-ring (bicyclic) bond motifs is 1. The van der Waals surface area contributed by atoms with Crippen LogP contribution in [0.1, 0.15) is 31.2 Å². The number of imidazole rings is 1. The van der Waals surface area contributed by atoms with Crippen molar-refractivity contribution in [3.8, 4) is 28.2 Å². The van der Waals surface area contributed by atoms with Crippen LogP contribution in [0.3, 0.4) is 0 Å². The molecule has 3 heterocycles. The summed E-state index contributed by atoms with van der Waals surface area (Å²) < 4.78 is 3.41. The number of tetrazole rings is 1. The molecule has 0 saturated heterocycles. The lowest BCUT2D eigenvalue weighted by Gasteiger charge is -2.11. The first-order chi connectivity index (χ1) is 19.1. The molecule has 0 aliphatic rings. The SMILES string of the molecule is CCCCc1nc2c(c(=O)[nH]c(=O)n2-c2ccccc2)n1Cc1ccc(-c2ccccc2-c2nn[nH]n2)cc1. The highest BCUT2D eigenvalue weighted by Gasteiger charge is 2.20. The second-order valence-electron chi connectivity index (χ2n) is 9.30. The third kappa shape index (κ3) is 4.56. The Bertz CT molecular complexity index is 1850. The minimum Gasteiger partial charge on any atom is -0.318 e. The second-order valence-corrected chi connectivity index (χ2v) is 9.30. The van der Waals surface area contributed by atoms with Crippen LogP contribution in [0.5, 0.6) is 0 Å². The predicted octanol–water partition coefficient (Wildman–Crippen LogP) is 4.11. The van der Waals surface area contributed by atoms with Crippen molar-refractivity contribution in [1.82, 2.24) is 39.7 Å². The fourth-order valence-corrected chi connectivity index (χ4v) is 4.86. The molecule has 0 radical (unpaired) electrons. The summed E-state index contributed by atoms with van der Waals surface area (Å²) in [6.45, 7) is 2.56. The molecule has 0 bridgehead atoms. The average Bonchev–Trinajstić information content (AvgIpc) is 3.62. The van der Waals surface area contributed by atoms with E-state index in [1.54, 1.807) is 0 Å². The zero-order chi connectivity index (χ0) is 26.8. The number of aryl methyl sites for hydroxylation is 1. The minimum atomic E-state index is -0.505. The van der Waals surface area contributed by atoms with Gasteiger partial charge >= 0.3 is 5.69 Å². The van der Waals surface area contributed by atoms with Crippen LogP contribution < -0.4 is 11.2 Å².